The molecule has 1 aliphatic carbocycles. The standard InChI is InChI=1S/C18H22N2/c1-2-17(13-8-4-3-5-9-13)20-18-12-16(19)14-10-6-7-11-15(14)18/h3-11,16-18,20H,2,12,19H2,1H3. The first-order valence-corrected chi connectivity index (χ1v) is 7.45. The van der Waals surface area contributed by atoms with Crippen LogP contribution in [0.25, 0.3) is 0 Å². The Balaban J connectivity index is 1.81. The van der Waals surface area contributed by atoms with Gasteiger partial charge in [-0.2, -0.15) is 0 Å². The zero-order valence-corrected chi connectivity index (χ0v) is 11.9. The van der Waals surface area contributed by atoms with Crippen molar-refractivity contribution < 1.29 is 0 Å². The first-order valence-electron chi connectivity index (χ1n) is 7.45. The fourth-order valence-electron chi connectivity index (χ4n) is 3.21. The molecule has 0 fully saturated rings. The molecule has 104 valence electrons. The highest BCUT2D eigenvalue weighted by Gasteiger charge is 2.29. The zero-order valence-electron chi connectivity index (χ0n) is 11.9. The van der Waals surface area contributed by atoms with Gasteiger partial charge in [-0.15, -0.1) is 0 Å². The highest BCUT2D eigenvalue weighted by Crippen LogP contribution is 2.38. The Bertz CT molecular complexity index is 565. The van der Waals surface area contributed by atoms with Gasteiger partial charge >= 0.3 is 0 Å². The van der Waals surface area contributed by atoms with Crippen molar-refractivity contribution in [3.8, 4) is 0 Å². The summed E-state index contributed by atoms with van der Waals surface area (Å²) in [6.45, 7) is 2.23. The highest BCUT2D eigenvalue weighted by atomic mass is 15.0. The van der Waals surface area contributed by atoms with Crippen LogP contribution >= 0.6 is 0 Å². The van der Waals surface area contributed by atoms with Crippen LogP contribution in [0.5, 0.6) is 0 Å². The van der Waals surface area contributed by atoms with Crippen molar-refractivity contribution in [1.82, 2.24) is 5.32 Å². The lowest BCUT2D eigenvalue weighted by Crippen LogP contribution is -2.25. The van der Waals surface area contributed by atoms with Gasteiger partial charge in [-0.1, -0.05) is 61.5 Å². The van der Waals surface area contributed by atoms with E-state index in [0.717, 1.165) is 12.8 Å². The van der Waals surface area contributed by atoms with Crippen molar-refractivity contribution >= 4 is 0 Å². The molecule has 0 amide bonds. The van der Waals surface area contributed by atoms with Crippen LogP contribution in [0.1, 0.15) is 54.6 Å². The molecule has 2 heteroatoms. The minimum Gasteiger partial charge on any atom is -0.324 e. The number of nitrogens with one attached hydrogen (secondary N) is 1. The Hall–Kier alpha value is -1.64. The van der Waals surface area contributed by atoms with Crippen LogP contribution in [0.2, 0.25) is 0 Å². The fourth-order valence-corrected chi connectivity index (χ4v) is 3.21. The molecule has 1 aliphatic rings. The topological polar surface area (TPSA) is 38.0 Å². The second-order valence-corrected chi connectivity index (χ2v) is 5.56. The molecule has 3 atom stereocenters. The van der Waals surface area contributed by atoms with Gasteiger partial charge in [0, 0.05) is 18.1 Å². The van der Waals surface area contributed by atoms with Gasteiger partial charge in [-0.3, -0.25) is 0 Å². The third-order valence-electron chi connectivity index (χ3n) is 4.27. The van der Waals surface area contributed by atoms with Crippen LogP contribution in [-0.2, 0) is 0 Å². The quantitative estimate of drug-likeness (QED) is 0.881. The van der Waals surface area contributed by atoms with Crippen LogP contribution in [-0.4, -0.2) is 0 Å². The van der Waals surface area contributed by atoms with Crippen LogP contribution < -0.4 is 11.1 Å². The smallest absolute Gasteiger partial charge is 0.0347 e. The van der Waals surface area contributed by atoms with Gasteiger partial charge in [-0.05, 0) is 29.5 Å². The van der Waals surface area contributed by atoms with E-state index in [1.807, 2.05) is 0 Å². The lowest BCUT2D eigenvalue weighted by Gasteiger charge is -2.23. The average Bonchev–Trinajstić information content (AvgIpc) is 2.82. The summed E-state index contributed by atoms with van der Waals surface area (Å²) in [4.78, 5) is 0. The predicted molar refractivity (Wildman–Crippen MR) is 83.3 cm³/mol. The molecule has 3 unspecified atom stereocenters. The van der Waals surface area contributed by atoms with Gasteiger partial charge in [0.2, 0.25) is 0 Å². The summed E-state index contributed by atoms with van der Waals surface area (Å²) in [6, 6.07) is 20.1. The number of rotatable bonds is 4. The summed E-state index contributed by atoms with van der Waals surface area (Å²) in [5.74, 6) is 0. The van der Waals surface area contributed by atoms with E-state index in [0.29, 0.717) is 12.1 Å². The normalized spacial score (nSPS) is 22.5. The van der Waals surface area contributed by atoms with Crippen LogP contribution in [0.3, 0.4) is 0 Å². The van der Waals surface area contributed by atoms with Gasteiger partial charge < -0.3 is 11.1 Å². The van der Waals surface area contributed by atoms with Crippen molar-refractivity contribution in [1.29, 1.82) is 0 Å². The molecule has 2 nitrogen and oxygen atoms in total. The maximum absolute atomic E-state index is 6.25. The van der Waals surface area contributed by atoms with E-state index in [9.17, 15) is 0 Å². The number of nitrogens with two attached hydrogens (primary N) is 1. The maximum atomic E-state index is 6.25. The highest BCUT2D eigenvalue weighted by molar-refractivity contribution is 5.37. The number of benzene rings is 2. The fraction of sp³-hybridized carbons (Fsp3) is 0.333. The van der Waals surface area contributed by atoms with Gasteiger partial charge in [0.05, 0.1) is 0 Å². The van der Waals surface area contributed by atoms with Crippen LogP contribution in [0.4, 0.5) is 0 Å². The molecule has 0 saturated heterocycles. The number of hydrogen-bond acceptors (Lipinski definition) is 2. The number of hydrogen-bond donors (Lipinski definition) is 2. The lowest BCUT2D eigenvalue weighted by atomic mass is 10.0. The Morgan fingerprint density at radius 3 is 2.40 bits per heavy atom. The van der Waals surface area contributed by atoms with Crippen molar-refractivity contribution in [3.63, 3.8) is 0 Å². The van der Waals surface area contributed by atoms with Crippen molar-refractivity contribution in [3.05, 3.63) is 71.3 Å². The van der Waals surface area contributed by atoms with E-state index >= 15 is 0 Å². The third-order valence-corrected chi connectivity index (χ3v) is 4.27. The van der Waals surface area contributed by atoms with E-state index in [4.69, 9.17) is 5.73 Å². The monoisotopic (exact) mass is 266 g/mol. The molecule has 3 N–H and O–H groups in total. The Kier molecular flexibility index (Phi) is 3.86. The van der Waals surface area contributed by atoms with Crippen LogP contribution in [0.15, 0.2) is 54.6 Å². The molecular formula is C18H22N2. The van der Waals surface area contributed by atoms with Gasteiger partial charge in [-0.25, -0.2) is 0 Å². The molecule has 0 aliphatic heterocycles. The van der Waals surface area contributed by atoms with E-state index < -0.39 is 0 Å². The van der Waals surface area contributed by atoms with Gasteiger partial charge in [0.1, 0.15) is 0 Å². The molecule has 0 spiro atoms. The second kappa shape index (κ2) is 5.78. The Morgan fingerprint density at radius 2 is 1.70 bits per heavy atom. The SMILES string of the molecule is CCC(NC1CC(N)c2ccccc21)c1ccccc1. The van der Waals surface area contributed by atoms with Gasteiger partial charge in [0.25, 0.3) is 0 Å². The van der Waals surface area contributed by atoms with Crippen LogP contribution in [0, 0.1) is 0 Å². The summed E-state index contributed by atoms with van der Waals surface area (Å²) in [5.41, 5.74) is 10.3. The average molecular weight is 266 g/mol. The summed E-state index contributed by atoms with van der Waals surface area (Å²) < 4.78 is 0. The predicted octanol–water partition coefficient (Wildman–Crippen LogP) is 3.87. The van der Waals surface area contributed by atoms with Crippen molar-refractivity contribution in [2.75, 3.05) is 0 Å². The molecule has 2 aromatic carbocycles. The molecule has 20 heavy (non-hydrogen) atoms. The van der Waals surface area contributed by atoms with E-state index in [2.05, 4.69) is 66.8 Å². The maximum Gasteiger partial charge on any atom is 0.0347 e. The van der Waals surface area contributed by atoms with E-state index in [-0.39, 0.29) is 6.04 Å². The van der Waals surface area contributed by atoms with E-state index in [1.54, 1.807) is 0 Å². The minimum atomic E-state index is 0.164. The second-order valence-electron chi connectivity index (χ2n) is 5.56. The molecule has 0 aromatic heterocycles. The first-order chi connectivity index (χ1) is 9.79. The molecule has 0 heterocycles. The summed E-state index contributed by atoms with van der Waals surface area (Å²) >= 11 is 0. The first kappa shape index (κ1) is 13.3. The van der Waals surface area contributed by atoms with Gasteiger partial charge in [0.15, 0.2) is 0 Å². The third kappa shape index (κ3) is 2.49. The molecule has 2 aromatic rings. The molecule has 0 radical (unpaired) electrons. The minimum absolute atomic E-state index is 0.164. The molecular weight excluding hydrogens is 244 g/mol. The Labute approximate surface area is 121 Å². The molecule has 3 rings (SSSR count). The molecule has 0 bridgehead atoms. The summed E-state index contributed by atoms with van der Waals surface area (Å²) in [6.07, 6.45) is 2.07. The number of fused-ring (bicyclic) bond motifs is 1. The van der Waals surface area contributed by atoms with Crippen molar-refractivity contribution in [2.45, 2.75) is 37.9 Å². The summed E-state index contributed by atoms with van der Waals surface area (Å²) in [7, 11) is 0. The van der Waals surface area contributed by atoms with Crippen molar-refractivity contribution in [2.24, 2.45) is 5.73 Å². The van der Waals surface area contributed by atoms with E-state index in [1.165, 1.54) is 16.7 Å². The Morgan fingerprint density at radius 1 is 1.05 bits per heavy atom. The largest absolute Gasteiger partial charge is 0.324 e. The summed E-state index contributed by atoms with van der Waals surface area (Å²) in [5, 5.41) is 3.79. The zero-order chi connectivity index (χ0) is 13.9. The molecule has 0 saturated carbocycles. The lowest BCUT2D eigenvalue weighted by molar-refractivity contribution is 0.418.